The summed E-state index contributed by atoms with van der Waals surface area (Å²) in [7, 11) is 0. The molecular weight excluding hydrogens is 187 g/mol. The molecule has 4 heteroatoms. The van der Waals surface area contributed by atoms with Gasteiger partial charge in [0.2, 0.25) is 0 Å². The molecular formula is CH6CsN3. The first-order chi connectivity index (χ1) is 1.73. The van der Waals surface area contributed by atoms with Gasteiger partial charge in [-0.05, 0) is 0 Å². The molecule has 0 saturated heterocycles. The van der Waals surface area contributed by atoms with Crippen LogP contribution >= 0.6 is 0 Å². The van der Waals surface area contributed by atoms with Crippen molar-refractivity contribution in [1.29, 1.82) is 5.41 Å². The number of nitrogens with one attached hydrogen (secondary N) is 1. The molecule has 0 unspecified atom stereocenters. The van der Waals surface area contributed by atoms with Crippen LogP contribution in [0.4, 0.5) is 0 Å². The zero-order valence-electron chi connectivity index (χ0n) is 4.15. The molecule has 0 radical (unpaired) electrons. The van der Waals surface area contributed by atoms with E-state index in [1.54, 1.807) is 0 Å². The molecule has 0 aromatic heterocycles. The van der Waals surface area contributed by atoms with E-state index in [9.17, 15) is 0 Å². The summed E-state index contributed by atoms with van der Waals surface area (Å²) in [6.45, 7) is 0. The zero-order chi connectivity index (χ0) is 3.58. The first kappa shape index (κ1) is 9.59. The fourth-order valence-electron chi connectivity index (χ4n) is 0. The molecule has 0 spiro atoms. The number of hydrogen-bond acceptors (Lipinski definition) is 1. The van der Waals surface area contributed by atoms with Crippen molar-refractivity contribution in [3.8, 4) is 0 Å². The van der Waals surface area contributed by atoms with E-state index in [0.29, 0.717) is 0 Å². The largest absolute Gasteiger partial charge is 1.00 e. The molecule has 3 nitrogen and oxygen atoms in total. The van der Waals surface area contributed by atoms with E-state index < -0.39 is 0 Å². The molecule has 0 amide bonds. The van der Waals surface area contributed by atoms with Crippen LogP contribution in [0.1, 0.15) is 1.43 Å². The Hall–Kier alpha value is 1.32. The molecule has 5 N–H and O–H groups in total. The monoisotopic (exact) mass is 193 g/mol. The van der Waals surface area contributed by atoms with Gasteiger partial charge in [-0.3, -0.25) is 5.41 Å². The minimum Gasteiger partial charge on any atom is -1.00 e. The summed E-state index contributed by atoms with van der Waals surface area (Å²) in [6.07, 6.45) is 0. The van der Waals surface area contributed by atoms with Crippen molar-refractivity contribution in [2.45, 2.75) is 0 Å². The molecule has 26 valence electrons. The first-order valence-corrected chi connectivity index (χ1v) is 0.827. The van der Waals surface area contributed by atoms with Crippen LogP contribution in [0.5, 0.6) is 0 Å². The van der Waals surface area contributed by atoms with Crippen LogP contribution in [-0.2, 0) is 0 Å². The Balaban J connectivity index is -0.0000000450. The van der Waals surface area contributed by atoms with Gasteiger partial charge in [-0.15, -0.1) is 0 Å². The van der Waals surface area contributed by atoms with Crippen LogP contribution in [-0.4, -0.2) is 5.96 Å². The van der Waals surface area contributed by atoms with E-state index in [4.69, 9.17) is 5.41 Å². The van der Waals surface area contributed by atoms with Crippen LogP contribution in [0.15, 0.2) is 0 Å². The van der Waals surface area contributed by atoms with Crippen molar-refractivity contribution in [3.05, 3.63) is 0 Å². The summed E-state index contributed by atoms with van der Waals surface area (Å²) >= 11 is 0. The van der Waals surface area contributed by atoms with Crippen molar-refractivity contribution in [3.63, 3.8) is 0 Å². The van der Waals surface area contributed by atoms with Gasteiger partial charge < -0.3 is 12.9 Å². The maximum Gasteiger partial charge on any atom is 1.00 e. The standard InChI is InChI=1S/CH5N3.Cs.H/c2-1(3)4;;/h(H5,2,3,4);;/q;+1;-1. The van der Waals surface area contributed by atoms with Gasteiger partial charge in [-0.2, -0.15) is 0 Å². The Labute approximate surface area is 90.9 Å². The Kier molecular flexibility index (Phi) is 10.2. The van der Waals surface area contributed by atoms with Crippen LogP contribution < -0.4 is 80.4 Å². The second kappa shape index (κ2) is 5.32. The van der Waals surface area contributed by atoms with Crippen molar-refractivity contribution in [2.75, 3.05) is 0 Å². The minimum atomic E-state index is -0.333. The van der Waals surface area contributed by atoms with Crippen molar-refractivity contribution >= 4 is 5.96 Å². The number of rotatable bonds is 0. The SMILES string of the molecule is N=C(N)N.[Cs+].[H-]. The normalized spacial score (nSPS) is 4.80. The molecule has 0 heterocycles. The third-order valence-corrected chi connectivity index (χ3v) is 0. The molecule has 0 aliphatic carbocycles. The summed E-state index contributed by atoms with van der Waals surface area (Å²) in [5.74, 6) is -0.333. The van der Waals surface area contributed by atoms with E-state index in [-0.39, 0.29) is 76.3 Å². The van der Waals surface area contributed by atoms with Gasteiger partial charge >= 0.3 is 68.9 Å². The van der Waals surface area contributed by atoms with E-state index in [0.717, 1.165) is 0 Å². The van der Waals surface area contributed by atoms with Gasteiger partial charge in [0.05, 0.1) is 0 Å². The van der Waals surface area contributed by atoms with Gasteiger partial charge in [0.1, 0.15) is 0 Å². The van der Waals surface area contributed by atoms with Gasteiger partial charge in [0.25, 0.3) is 0 Å². The van der Waals surface area contributed by atoms with Crippen molar-refractivity contribution in [1.82, 2.24) is 0 Å². The number of nitrogens with two attached hydrogens (primary N) is 2. The van der Waals surface area contributed by atoms with Gasteiger partial charge in [0.15, 0.2) is 5.96 Å². The molecule has 0 rings (SSSR count). The third kappa shape index (κ3) is 33.6. The molecule has 0 atom stereocenters. The second-order valence-electron chi connectivity index (χ2n) is 0.455. The van der Waals surface area contributed by atoms with Crippen molar-refractivity contribution < 1.29 is 70.3 Å². The van der Waals surface area contributed by atoms with Crippen LogP contribution in [0, 0.1) is 5.41 Å². The quantitative estimate of drug-likeness (QED) is 0.270. The fraction of sp³-hybridized carbons (Fsp3) is 0. The van der Waals surface area contributed by atoms with E-state index in [2.05, 4.69) is 11.5 Å². The minimum absolute atomic E-state index is 0. The molecule has 0 aliphatic rings. The topological polar surface area (TPSA) is 75.9 Å². The van der Waals surface area contributed by atoms with Crippen LogP contribution in [0.25, 0.3) is 0 Å². The maximum absolute atomic E-state index is 6.06. The smallest absolute Gasteiger partial charge is 1.00 e. The van der Waals surface area contributed by atoms with Gasteiger partial charge in [-0.25, -0.2) is 0 Å². The molecule has 0 aliphatic heterocycles. The van der Waals surface area contributed by atoms with Crippen molar-refractivity contribution in [2.24, 2.45) is 11.5 Å². The molecule has 0 fully saturated rings. The van der Waals surface area contributed by atoms with Crippen LogP contribution in [0.3, 0.4) is 0 Å². The first-order valence-electron chi connectivity index (χ1n) is 0.827. The molecule has 0 aromatic rings. The van der Waals surface area contributed by atoms with Gasteiger partial charge in [0, 0.05) is 0 Å². The average molecular weight is 193 g/mol. The number of hydrogen-bond donors (Lipinski definition) is 3. The molecule has 0 bridgehead atoms. The number of guanidine groups is 1. The molecule has 0 saturated carbocycles. The zero-order valence-corrected chi connectivity index (χ0v) is 9.43. The summed E-state index contributed by atoms with van der Waals surface area (Å²) < 4.78 is 0. The Morgan fingerprint density at radius 1 is 1.60 bits per heavy atom. The van der Waals surface area contributed by atoms with Gasteiger partial charge in [-0.1, -0.05) is 0 Å². The maximum atomic E-state index is 6.06. The van der Waals surface area contributed by atoms with E-state index >= 15 is 0 Å². The molecule has 5 heavy (non-hydrogen) atoms. The summed E-state index contributed by atoms with van der Waals surface area (Å²) in [5.41, 5.74) is 8.94. The third-order valence-electron chi connectivity index (χ3n) is 0. The van der Waals surface area contributed by atoms with Crippen LogP contribution in [0.2, 0.25) is 0 Å². The second-order valence-corrected chi connectivity index (χ2v) is 0.455. The van der Waals surface area contributed by atoms with E-state index in [1.807, 2.05) is 0 Å². The predicted octanol–water partition coefficient (Wildman–Crippen LogP) is -4.04. The summed E-state index contributed by atoms with van der Waals surface area (Å²) in [6, 6.07) is 0. The Morgan fingerprint density at radius 3 is 1.60 bits per heavy atom. The molecule has 0 aromatic carbocycles. The Bertz CT molecular complexity index is 33.8. The Morgan fingerprint density at radius 2 is 1.60 bits per heavy atom. The average Bonchev–Trinajstić information content (AvgIpc) is 0.811. The predicted molar refractivity (Wildman–Crippen MR) is 17.2 cm³/mol. The summed E-state index contributed by atoms with van der Waals surface area (Å²) in [5, 5.41) is 6.06. The summed E-state index contributed by atoms with van der Waals surface area (Å²) in [4.78, 5) is 0. The van der Waals surface area contributed by atoms with E-state index in [1.165, 1.54) is 0 Å². The fourth-order valence-corrected chi connectivity index (χ4v) is 0.